The molecular weight excluding hydrogens is 268 g/mol. The van der Waals surface area contributed by atoms with E-state index < -0.39 is 0 Å². The zero-order valence-corrected chi connectivity index (χ0v) is 12.6. The maximum absolute atomic E-state index is 5.35. The molecule has 1 N–H and O–H groups in total. The number of nitrogens with one attached hydrogen (secondary N) is 1. The Hall–Kier alpha value is -2.43. The lowest BCUT2D eigenvalue weighted by atomic mass is 10.2. The number of hydrogen-bond donors (Lipinski definition) is 1. The van der Waals surface area contributed by atoms with Crippen molar-refractivity contribution >= 4 is 5.71 Å². The molecule has 0 bridgehead atoms. The summed E-state index contributed by atoms with van der Waals surface area (Å²) >= 11 is 0. The Morgan fingerprint density at radius 3 is 2.62 bits per heavy atom. The highest BCUT2D eigenvalue weighted by molar-refractivity contribution is 5.97. The number of hydrazone groups is 1. The largest absolute Gasteiger partial charge is 0.493 e. The minimum Gasteiger partial charge on any atom is -0.493 e. The molecule has 0 atom stereocenters. The molecule has 2 aromatic rings. The fourth-order valence-electron chi connectivity index (χ4n) is 1.97. The Balaban J connectivity index is 2.02. The highest BCUT2D eigenvalue weighted by Crippen LogP contribution is 2.27. The van der Waals surface area contributed by atoms with E-state index in [1.54, 1.807) is 20.5 Å². The second-order valence-electron chi connectivity index (χ2n) is 4.41. The highest BCUT2D eigenvalue weighted by Gasteiger charge is 2.05. The Bertz CT molecular complexity index is 592. The molecule has 0 spiro atoms. The van der Waals surface area contributed by atoms with Gasteiger partial charge >= 0.3 is 0 Å². The van der Waals surface area contributed by atoms with Gasteiger partial charge in [0.05, 0.1) is 27.0 Å². The first kappa shape index (κ1) is 15.0. The van der Waals surface area contributed by atoms with Gasteiger partial charge in [0.1, 0.15) is 11.5 Å². The summed E-state index contributed by atoms with van der Waals surface area (Å²) in [5.74, 6) is 2.22. The minimum absolute atomic E-state index is 0.602. The summed E-state index contributed by atoms with van der Waals surface area (Å²) < 4.78 is 15.8. The van der Waals surface area contributed by atoms with Gasteiger partial charge < -0.3 is 19.3 Å². The number of benzene rings is 1. The SMILES string of the molecule is CC/C(=N\NCc1ccc(OC)c(OC)c1)c1ccco1. The molecular formula is C16H20N2O3. The maximum Gasteiger partial charge on any atom is 0.161 e. The molecule has 0 radical (unpaired) electrons. The van der Waals surface area contributed by atoms with Gasteiger partial charge in [-0.25, -0.2) is 0 Å². The molecule has 0 aliphatic carbocycles. The Morgan fingerprint density at radius 1 is 1.19 bits per heavy atom. The molecule has 0 aliphatic heterocycles. The van der Waals surface area contributed by atoms with Gasteiger partial charge in [-0.05, 0) is 36.2 Å². The van der Waals surface area contributed by atoms with E-state index in [2.05, 4.69) is 10.5 Å². The predicted octanol–water partition coefficient (Wildman–Crippen LogP) is 3.20. The number of nitrogens with zero attached hydrogens (tertiary/aromatic N) is 1. The van der Waals surface area contributed by atoms with Crippen molar-refractivity contribution in [2.24, 2.45) is 5.10 Å². The molecule has 1 aromatic heterocycles. The van der Waals surface area contributed by atoms with Crippen LogP contribution in [0.4, 0.5) is 0 Å². The Labute approximate surface area is 124 Å². The summed E-state index contributed by atoms with van der Waals surface area (Å²) in [5, 5.41) is 4.38. The Morgan fingerprint density at radius 2 is 2.00 bits per heavy atom. The van der Waals surface area contributed by atoms with Gasteiger partial charge in [-0.15, -0.1) is 0 Å². The molecule has 5 heteroatoms. The predicted molar refractivity (Wildman–Crippen MR) is 81.9 cm³/mol. The molecule has 0 saturated carbocycles. The van der Waals surface area contributed by atoms with Gasteiger partial charge in [-0.3, -0.25) is 0 Å². The van der Waals surface area contributed by atoms with Crippen molar-refractivity contribution in [3.8, 4) is 11.5 Å². The van der Waals surface area contributed by atoms with Gasteiger partial charge in [0.15, 0.2) is 11.5 Å². The average Bonchev–Trinajstić information content (AvgIpc) is 3.05. The van der Waals surface area contributed by atoms with Gasteiger partial charge in [-0.2, -0.15) is 5.10 Å². The van der Waals surface area contributed by atoms with E-state index in [1.807, 2.05) is 37.3 Å². The molecule has 1 heterocycles. The van der Waals surface area contributed by atoms with E-state index in [1.165, 1.54) is 0 Å². The molecule has 0 unspecified atom stereocenters. The first-order chi connectivity index (χ1) is 10.3. The van der Waals surface area contributed by atoms with Crippen LogP contribution in [0.2, 0.25) is 0 Å². The van der Waals surface area contributed by atoms with Crippen LogP contribution in [0.1, 0.15) is 24.7 Å². The van der Waals surface area contributed by atoms with E-state index in [0.29, 0.717) is 12.3 Å². The quantitative estimate of drug-likeness (QED) is 0.628. The summed E-state index contributed by atoms with van der Waals surface area (Å²) in [5.41, 5.74) is 5.01. The number of methoxy groups -OCH3 is 2. The van der Waals surface area contributed by atoms with Gasteiger partial charge in [0, 0.05) is 0 Å². The van der Waals surface area contributed by atoms with Gasteiger partial charge in [0.2, 0.25) is 0 Å². The zero-order chi connectivity index (χ0) is 15.1. The summed E-state index contributed by atoms with van der Waals surface area (Å²) in [6.07, 6.45) is 2.45. The maximum atomic E-state index is 5.35. The van der Waals surface area contributed by atoms with Crippen molar-refractivity contribution in [2.75, 3.05) is 14.2 Å². The molecule has 2 rings (SSSR count). The Kier molecular flexibility index (Phi) is 5.26. The van der Waals surface area contributed by atoms with Crippen molar-refractivity contribution in [2.45, 2.75) is 19.9 Å². The molecule has 1 aromatic carbocycles. The van der Waals surface area contributed by atoms with Crippen LogP contribution in [-0.4, -0.2) is 19.9 Å². The monoisotopic (exact) mass is 288 g/mol. The second kappa shape index (κ2) is 7.38. The molecule has 0 amide bonds. The average molecular weight is 288 g/mol. The van der Waals surface area contributed by atoms with Crippen LogP contribution in [0.3, 0.4) is 0 Å². The third-order valence-electron chi connectivity index (χ3n) is 3.09. The van der Waals surface area contributed by atoms with Gasteiger partial charge in [-0.1, -0.05) is 13.0 Å². The third kappa shape index (κ3) is 3.78. The summed E-state index contributed by atoms with van der Waals surface area (Å²) in [6.45, 7) is 2.64. The third-order valence-corrected chi connectivity index (χ3v) is 3.09. The van der Waals surface area contributed by atoms with E-state index in [9.17, 15) is 0 Å². The van der Waals surface area contributed by atoms with Crippen molar-refractivity contribution in [1.82, 2.24) is 5.43 Å². The smallest absolute Gasteiger partial charge is 0.161 e. The zero-order valence-electron chi connectivity index (χ0n) is 12.6. The molecule has 5 nitrogen and oxygen atoms in total. The standard InChI is InChI=1S/C16H20N2O3/c1-4-13(14-6-5-9-21-14)18-17-11-12-7-8-15(19-2)16(10-12)20-3/h5-10,17H,4,11H2,1-3H3/b18-13+. The number of furan rings is 1. The molecule has 21 heavy (non-hydrogen) atoms. The van der Waals surface area contributed by atoms with Crippen molar-refractivity contribution < 1.29 is 13.9 Å². The molecule has 0 fully saturated rings. The van der Waals surface area contributed by atoms with Crippen LogP contribution < -0.4 is 14.9 Å². The van der Waals surface area contributed by atoms with E-state index in [-0.39, 0.29) is 0 Å². The van der Waals surface area contributed by atoms with Crippen LogP contribution in [-0.2, 0) is 6.54 Å². The minimum atomic E-state index is 0.602. The fourth-order valence-corrected chi connectivity index (χ4v) is 1.97. The fraction of sp³-hybridized carbons (Fsp3) is 0.312. The number of hydrogen-bond acceptors (Lipinski definition) is 5. The van der Waals surface area contributed by atoms with Crippen molar-refractivity contribution in [3.05, 3.63) is 47.9 Å². The van der Waals surface area contributed by atoms with Crippen molar-refractivity contribution in [3.63, 3.8) is 0 Å². The number of rotatable bonds is 7. The van der Waals surface area contributed by atoms with Crippen LogP contribution in [0.5, 0.6) is 11.5 Å². The topological polar surface area (TPSA) is 56.0 Å². The van der Waals surface area contributed by atoms with Crippen LogP contribution >= 0.6 is 0 Å². The normalized spacial score (nSPS) is 11.3. The van der Waals surface area contributed by atoms with E-state index >= 15 is 0 Å². The lowest BCUT2D eigenvalue weighted by molar-refractivity contribution is 0.354. The summed E-state index contributed by atoms with van der Waals surface area (Å²) in [4.78, 5) is 0. The first-order valence-corrected chi connectivity index (χ1v) is 6.82. The summed E-state index contributed by atoms with van der Waals surface area (Å²) in [7, 11) is 3.25. The lowest BCUT2D eigenvalue weighted by Crippen LogP contribution is -2.10. The second-order valence-corrected chi connectivity index (χ2v) is 4.41. The van der Waals surface area contributed by atoms with E-state index in [0.717, 1.165) is 29.2 Å². The highest BCUT2D eigenvalue weighted by atomic mass is 16.5. The molecule has 112 valence electrons. The van der Waals surface area contributed by atoms with Crippen LogP contribution in [0, 0.1) is 0 Å². The summed E-state index contributed by atoms with van der Waals surface area (Å²) in [6, 6.07) is 9.55. The first-order valence-electron chi connectivity index (χ1n) is 6.82. The van der Waals surface area contributed by atoms with Crippen molar-refractivity contribution in [1.29, 1.82) is 0 Å². The van der Waals surface area contributed by atoms with Crippen LogP contribution in [0.25, 0.3) is 0 Å². The van der Waals surface area contributed by atoms with Gasteiger partial charge in [0.25, 0.3) is 0 Å². The molecule has 0 aliphatic rings. The van der Waals surface area contributed by atoms with E-state index in [4.69, 9.17) is 13.9 Å². The van der Waals surface area contributed by atoms with Crippen LogP contribution in [0.15, 0.2) is 46.1 Å². The lowest BCUT2D eigenvalue weighted by Gasteiger charge is -2.09. The molecule has 0 saturated heterocycles. The number of ether oxygens (including phenoxy) is 2.